The molecular formula is C18H24N4O. The fraction of sp³-hybridized carbons (Fsp3) is 0.444. The van der Waals surface area contributed by atoms with E-state index in [1.165, 1.54) is 17.5 Å². The molecule has 0 spiro atoms. The third-order valence-corrected chi connectivity index (χ3v) is 4.44. The highest BCUT2D eigenvalue weighted by Crippen LogP contribution is 2.28. The standard InChI is InChI=1S/C18H24N4O/c1-21(12-14-11-19-22(2)13-14)18(23)20-17-10-6-4-8-15-7-3-5-9-16(15)17/h3,5,7,9,11,13,17H,4,6,8,10,12H2,1-2H3,(H,20,23)/t17-/m0/s1. The number of aromatic nitrogens is 2. The average molecular weight is 312 g/mol. The van der Waals surface area contributed by atoms with Gasteiger partial charge in [-0.3, -0.25) is 4.68 Å². The van der Waals surface area contributed by atoms with Crippen LogP contribution in [0.15, 0.2) is 36.7 Å². The summed E-state index contributed by atoms with van der Waals surface area (Å²) < 4.78 is 1.75. The van der Waals surface area contributed by atoms with Crippen molar-refractivity contribution in [2.45, 2.75) is 38.3 Å². The largest absolute Gasteiger partial charge is 0.331 e. The van der Waals surface area contributed by atoms with Crippen LogP contribution >= 0.6 is 0 Å². The van der Waals surface area contributed by atoms with E-state index in [0.717, 1.165) is 24.8 Å². The number of amides is 2. The molecule has 1 aliphatic rings. The molecule has 2 aromatic rings. The molecule has 1 aromatic carbocycles. The molecule has 3 rings (SSSR count). The van der Waals surface area contributed by atoms with Crippen molar-refractivity contribution in [3.63, 3.8) is 0 Å². The molecule has 1 aliphatic carbocycles. The number of benzene rings is 1. The Morgan fingerprint density at radius 2 is 2.22 bits per heavy atom. The van der Waals surface area contributed by atoms with E-state index in [9.17, 15) is 4.79 Å². The van der Waals surface area contributed by atoms with E-state index in [1.807, 2.05) is 20.3 Å². The fourth-order valence-electron chi connectivity index (χ4n) is 3.23. The van der Waals surface area contributed by atoms with Gasteiger partial charge in [-0.2, -0.15) is 5.10 Å². The van der Waals surface area contributed by atoms with Crippen molar-refractivity contribution in [1.82, 2.24) is 20.0 Å². The molecule has 23 heavy (non-hydrogen) atoms. The van der Waals surface area contributed by atoms with Gasteiger partial charge in [0.25, 0.3) is 0 Å². The van der Waals surface area contributed by atoms with E-state index in [2.05, 4.69) is 34.7 Å². The van der Waals surface area contributed by atoms with Crippen molar-refractivity contribution in [2.24, 2.45) is 7.05 Å². The first-order valence-electron chi connectivity index (χ1n) is 8.20. The van der Waals surface area contributed by atoms with Crippen molar-refractivity contribution in [1.29, 1.82) is 0 Å². The Kier molecular flexibility index (Phi) is 4.65. The third-order valence-electron chi connectivity index (χ3n) is 4.44. The van der Waals surface area contributed by atoms with Crippen LogP contribution in [0.4, 0.5) is 4.79 Å². The second kappa shape index (κ2) is 6.86. The van der Waals surface area contributed by atoms with Gasteiger partial charge >= 0.3 is 6.03 Å². The van der Waals surface area contributed by atoms with Gasteiger partial charge in [-0.05, 0) is 30.4 Å². The number of nitrogens with zero attached hydrogens (tertiary/aromatic N) is 3. The van der Waals surface area contributed by atoms with Crippen LogP contribution in [0.25, 0.3) is 0 Å². The number of carbonyl (C=O) groups excluding carboxylic acids is 1. The summed E-state index contributed by atoms with van der Waals surface area (Å²) in [5.41, 5.74) is 3.67. The van der Waals surface area contributed by atoms with Crippen LogP contribution in [-0.4, -0.2) is 27.8 Å². The number of rotatable bonds is 3. The lowest BCUT2D eigenvalue weighted by atomic mass is 9.99. The predicted molar refractivity (Wildman–Crippen MR) is 89.9 cm³/mol. The van der Waals surface area contributed by atoms with Crippen LogP contribution in [0.2, 0.25) is 0 Å². The molecule has 0 radical (unpaired) electrons. The minimum atomic E-state index is -0.0319. The number of hydrogen-bond donors (Lipinski definition) is 1. The second-order valence-corrected chi connectivity index (χ2v) is 6.32. The Hall–Kier alpha value is -2.30. The summed E-state index contributed by atoms with van der Waals surface area (Å²) in [6.45, 7) is 0.564. The Labute approximate surface area is 137 Å². The molecule has 5 nitrogen and oxygen atoms in total. The highest BCUT2D eigenvalue weighted by molar-refractivity contribution is 5.74. The van der Waals surface area contributed by atoms with Crippen LogP contribution < -0.4 is 5.32 Å². The number of urea groups is 1. The predicted octanol–water partition coefficient (Wildman–Crippen LogP) is 3.03. The molecule has 1 N–H and O–H groups in total. The maximum atomic E-state index is 12.5. The lowest BCUT2D eigenvalue weighted by Gasteiger charge is -2.24. The topological polar surface area (TPSA) is 50.2 Å². The number of nitrogens with one attached hydrogen (secondary N) is 1. The smallest absolute Gasteiger partial charge is 0.317 e. The molecule has 0 fully saturated rings. The highest BCUT2D eigenvalue weighted by Gasteiger charge is 2.21. The second-order valence-electron chi connectivity index (χ2n) is 6.32. The van der Waals surface area contributed by atoms with Crippen molar-refractivity contribution < 1.29 is 4.79 Å². The zero-order valence-corrected chi connectivity index (χ0v) is 13.8. The summed E-state index contributed by atoms with van der Waals surface area (Å²) in [6, 6.07) is 8.54. The van der Waals surface area contributed by atoms with E-state index in [1.54, 1.807) is 15.8 Å². The van der Waals surface area contributed by atoms with Gasteiger partial charge in [-0.1, -0.05) is 30.7 Å². The van der Waals surface area contributed by atoms with Gasteiger partial charge in [-0.25, -0.2) is 4.79 Å². The van der Waals surface area contributed by atoms with Gasteiger partial charge in [0.2, 0.25) is 0 Å². The molecule has 0 aliphatic heterocycles. The van der Waals surface area contributed by atoms with Crippen LogP contribution in [0, 0.1) is 0 Å². The zero-order chi connectivity index (χ0) is 16.2. The summed E-state index contributed by atoms with van der Waals surface area (Å²) in [4.78, 5) is 14.2. The van der Waals surface area contributed by atoms with Crippen LogP contribution in [0.3, 0.4) is 0 Å². The lowest BCUT2D eigenvalue weighted by Crippen LogP contribution is -2.39. The van der Waals surface area contributed by atoms with E-state index in [4.69, 9.17) is 0 Å². The third kappa shape index (κ3) is 3.73. The maximum absolute atomic E-state index is 12.5. The van der Waals surface area contributed by atoms with E-state index in [0.29, 0.717) is 6.54 Å². The van der Waals surface area contributed by atoms with Crippen molar-refractivity contribution in [2.75, 3.05) is 7.05 Å². The van der Waals surface area contributed by atoms with Gasteiger partial charge in [0.1, 0.15) is 0 Å². The number of carbonyl (C=O) groups is 1. The molecule has 5 heteroatoms. The first-order valence-corrected chi connectivity index (χ1v) is 8.20. The molecule has 1 heterocycles. The molecular weight excluding hydrogens is 288 g/mol. The minimum Gasteiger partial charge on any atom is -0.331 e. The molecule has 1 aromatic heterocycles. The highest BCUT2D eigenvalue weighted by atomic mass is 16.2. The van der Waals surface area contributed by atoms with Gasteiger partial charge < -0.3 is 10.2 Å². The van der Waals surface area contributed by atoms with E-state index in [-0.39, 0.29) is 12.1 Å². The molecule has 122 valence electrons. The van der Waals surface area contributed by atoms with Gasteiger partial charge in [0, 0.05) is 25.9 Å². The van der Waals surface area contributed by atoms with Crippen LogP contribution in [0.5, 0.6) is 0 Å². The van der Waals surface area contributed by atoms with E-state index >= 15 is 0 Å². The molecule has 0 saturated heterocycles. The molecule has 1 atom stereocenters. The normalized spacial score (nSPS) is 17.2. The number of aryl methyl sites for hydroxylation is 2. The van der Waals surface area contributed by atoms with Crippen molar-refractivity contribution >= 4 is 6.03 Å². The number of hydrogen-bond acceptors (Lipinski definition) is 2. The first kappa shape index (κ1) is 15.6. The van der Waals surface area contributed by atoms with Gasteiger partial charge in [0.15, 0.2) is 0 Å². The van der Waals surface area contributed by atoms with Crippen molar-refractivity contribution in [3.05, 3.63) is 53.3 Å². The van der Waals surface area contributed by atoms with Crippen LogP contribution in [-0.2, 0) is 20.0 Å². The quantitative estimate of drug-likeness (QED) is 0.886. The molecule has 0 saturated carbocycles. The Balaban J connectivity index is 1.67. The molecule has 2 amide bonds. The Morgan fingerprint density at radius 3 is 3.00 bits per heavy atom. The van der Waals surface area contributed by atoms with Crippen LogP contribution in [0.1, 0.15) is 42.0 Å². The monoisotopic (exact) mass is 312 g/mol. The van der Waals surface area contributed by atoms with Crippen molar-refractivity contribution in [3.8, 4) is 0 Å². The SMILES string of the molecule is CN(Cc1cnn(C)c1)C(=O)N[C@H]1CCCCc2ccccc21. The average Bonchev–Trinajstić information content (AvgIpc) is 2.84. The number of fused-ring (bicyclic) bond motifs is 1. The van der Waals surface area contributed by atoms with Gasteiger partial charge in [0.05, 0.1) is 18.8 Å². The summed E-state index contributed by atoms with van der Waals surface area (Å²) >= 11 is 0. The van der Waals surface area contributed by atoms with E-state index < -0.39 is 0 Å². The summed E-state index contributed by atoms with van der Waals surface area (Å²) in [5.74, 6) is 0. The summed E-state index contributed by atoms with van der Waals surface area (Å²) in [5, 5.41) is 7.35. The molecule has 0 bridgehead atoms. The fourth-order valence-corrected chi connectivity index (χ4v) is 3.23. The maximum Gasteiger partial charge on any atom is 0.317 e. The molecule has 0 unspecified atom stereocenters. The summed E-state index contributed by atoms with van der Waals surface area (Å²) in [6.07, 6.45) is 8.17. The minimum absolute atomic E-state index is 0.0319. The lowest BCUT2D eigenvalue weighted by molar-refractivity contribution is 0.202. The van der Waals surface area contributed by atoms with Gasteiger partial charge in [-0.15, -0.1) is 0 Å². The zero-order valence-electron chi connectivity index (χ0n) is 13.8. The first-order chi connectivity index (χ1) is 11.1. The Morgan fingerprint density at radius 1 is 1.39 bits per heavy atom. The Bertz CT molecular complexity index is 679. The summed E-state index contributed by atoms with van der Waals surface area (Å²) in [7, 11) is 3.71.